The number of ether oxygens (including phenoxy) is 6. The fraction of sp³-hybridized carbons (Fsp3) is 0.613. The first-order valence-corrected chi connectivity index (χ1v) is 34.8. The van der Waals surface area contributed by atoms with Crippen LogP contribution in [0.5, 0.6) is 0 Å². The van der Waals surface area contributed by atoms with Gasteiger partial charge in [0.2, 0.25) is 11.1 Å². The molecular formula is C62H95Br4Cl3N18O13. The van der Waals surface area contributed by atoms with Gasteiger partial charge in [0.25, 0.3) is 17.7 Å². The quantitative estimate of drug-likeness (QED) is 0.0335. The van der Waals surface area contributed by atoms with E-state index in [-0.39, 0.29) is 85.2 Å². The molecule has 100 heavy (non-hydrogen) atoms. The van der Waals surface area contributed by atoms with Gasteiger partial charge >= 0.3 is 12.2 Å². The minimum Gasteiger partial charge on any atom is -0.444 e. The number of nitrogens with two attached hydrogens (primary N) is 3. The van der Waals surface area contributed by atoms with Crippen molar-refractivity contribution in [1.82, 2.24) is 59.1 Å². The molecule has 0 unspecified atom stereocenters. The van der Waals surface area contributed by atoms with Crippen molar-refractivity contribution in [2.45, 2.75) is 153 Å². The minimum absolute atomic E-state index is 0. The zero-order valence-electron chi connectivity index (χ0n) is 58.7. The maximum Gasteiger partial charge on any atom is 0.410 e. The van der Waals surface area contributed by atoms with Gasteiger partial charge in [-0.3, -0.25) is 33.3 Å². The normalized spacial score (nSPS) is 19.8. The molecule has 38 heteroatoms. The van der Waals surface area contributed by atoms with Crippen LogP contribution in [0.4, 0.5) is 21.2 Å². The number of aromatic nitrogens is 8. The standard InChI is InChI=1S/C17H27BrN4O4.C17H25BrN4O3.C14H20BrN5O3.C11H18BrN5O2.C3H3ClO.2ClH/c1-6-12-13(15(19)23)14(18)20-22(12)10-7-11(9-25-5)21(8-10)16(24)26-17(2,3)4;1-6-14-13(8-19)15(18)20-22(14)11-7-12(10-24-5)21(9-11)16(23)25-17(2,3)4;1-4-10(21)19-6-8(5-9(19)7-23-3)20-14(17-2)11(13(16)22)12(15)18-20;1-14-11-8(10(13)18)9(12)16-17(11)7-3-6(5-19-2)15-4-7;1-2-3(4)5;;/h10-11H,6-9H2,1-5H3,(H2,19,23);11-12H,6-7,9-10H2,1-5H3;4,8-9,17H,1,5-7H2,2-3H3,(H2,16,22);6-7,14-15H,3-5H2,1-2H3,(H2,13,18);2H,1H2;2*1H/t10-,11+;11-,12+;8-,9+;6-,7+;;;/m0001.../s1. The van der Waals surface area contributed by atoms with Gasteiger partial charge in [-0.25, -0.2) is 19.0 Å². The van der Waals surface area contributed by atoms with Gasteiger partial charge in [0.1, 0.15) is 64.0 Å². The molecule has 4 saturated heterocycles. The summed E-state index contributed by atoms with van der Waals surface area (Å²) in [5, 5.41) is 35.9. The van der Waals surface area contributed by atoms with E-state index in [0.717, 1.165) is 30.4 Å². The van der Waals surface area contributed by atoms with Crippen molar-refractivity contribution in [3.8, 4) is 6.07 Å². The number of methoxy groups -OCH3 is 4. The van der Waals surface area contributed by atoms with E-state index >= 15 is 0 Å². The number of primary amides is 3. The second kappa shape index (κ2) is 41.4. The third-order valence-electron chi connectivity index (χ3n) is 15.7. The third-order valence-corrected chi connectivity index (χ3v) is 18.1. The SMILES string of the molecule is C=CC(=O)Cl.C=CC(=O)N1C[C@@H](n2nc(Br)c(C(N)=O)c2NC)C[C@@H]1COC.CCc1c(C#N)c(Br)nn1[C@H]1C[C@H](COC)N(C(=O)OC(C)(C)C)C1.CCc1c(C(N)=O)c(Br)nn1[C@H]1C[C@H](COC)N(C(=O)OC(C)(C)C)C1.CNc1c(C(N)=O)c(Br)nn1[C@@H]1CN[C@@H](COC)C1.Cl.Cl. The molecule has 8 heterocycles. The second-order valence-electron chi connectivity index (χ2n) is 24.9. The largest absolute Gasteiger partial charge is 0.444 e. The molecule has 0 saturated carbocycles. The maximum atomic E-state index is 12.6. The van der Waals surface area contributed by atoms with Gasteiger partial charge < -0.3 is 76.3 Å². The molecule has 4 aliphatic rings. The number of rotatable bonds is 21. The summed E-state index contributed by atoms with van der Waals surface area (Å²) in [6.45, 7) is 25.7. The van der Waals surface area contributed by atoms with Crippen LogP contribution in [-0.4, -0.2) is 225 Å². The lowest BCUT2D eigenvalue weighted by Gasteiger charge is -2.28. The lowest BCUT2D eigenvalue weighted by Crippen LogP contribution is -2.41. The number of hydrogen-bond donors (Lipinski definition) is 6. The highest BCUT2D eigenvalue weighted by molar-refractivity contribution is 9.11. The molecule has 4 aromatic rings. The molecule has 4 aromatic heterocycles. The number of nitriles is 1. The van der Waals surface area contributed by atoms with E-state index in [2.05, 4.69) is 119 Å². The highest BCUT2D eigenvalue weighted by Gasteiger charge is 2.43. The Morgan fingerprint density at radius 2 is 0.930 bits per heavy atom. The molecule has 0 aliphatic carbocycles. The van der Waals surface area contributed by atoms with Crippen LogP contribution < -0.4 is 33.2 Å². The summed E-state index contributed by atoms with van der Waals surface area (Å²) >= 11 is 17.9. The van der Waals surface area contributed by atoms with Crippen LogP contribution in [-0.2, 0) is 50.9 Å². The van der Waals surface area contributed by atoms with Crippen LogP contribution in [0.3, 0.4) is 0 Å². The smallest absolute Gasteiger partial charge is 0.410 e. The second-order valence-corrected chi connectivity index (χ2v) is 28.2. The average molecular weight is 1730 g/mol. The fourth-order valence-electron chi connectivity index (χ4n) is 11.8. The van der Waals surface area contributed by atoms with Crippen LogP contribution in [0.2, 0.25) is 0 Å². The Balaban J connectivity index is 0.000000442. The number of nitrogens with zero attached hydrogens (tertiary/aromatic N) is 12. The van der Waals surface area contributed by atoms with Gasteiger partial charge in [0.15, 0.2) is 0 Å². The van der Waals surface area contributed by atoms with Gasteiger partial charge in [0, 0.05) is 74.8 Å². The summed E-state index contributed by atoms with van der Waals surface area (Å²) < 4.78 is 41.0. The summed E-state index contributed by atoms with van der Waals surface area (Å²) in [5.74, 6) is -0.570. The fourth-order valence-corrected chi connectivity index (χ4v) is 14.0. The number of hydrogen-bond acceptors (Lipinski definition) is 21. The number of halogens is 7. The van der Waals surface area contributed by atoms with Crippen LogP contribution in [0.15, 0.2) is 43.7 Å². The summed E-state index contributed by atoms with van der Waals surface area (Å²) in [6.07, 6.45) is 5.84. The molecule has 8 rings (SSSR count). The first-order chi connectivity index (χ1) is 46.1. The lowest BCUT2D eigenvalue weighted by atomic mass is 10.1. The van der Waals surface area contributed by atoms with Crippen molar-refractivity contribution in [1.29, 1.82) is 5.26 Å². The van der Waals surface area contributed by atoms with E-state index in [1.807, 2.05) is 64.8 Å². The molecule has 0 spiro atoms. The third kappa shape index (κ3) is 23.8. The van der Waals surface area contributed by atoms with E-state index in [1.54, 1.807) is 66.6 Å². The van der Waals surface area contributed by atoms with Gasteiger partial charge in [-0.1, -0.05) is 27.0 Å². The molecule has 0 bridgehead atoms. The molecule has 0 aromatic carbocycles. The van der Waals surface area contributed by atoms with E-state index in [9.17, 15) is 38.8 Å². The Morgan fingerprint density at radius 1 is 0.580 bits per heavy atom. The van der Waals surface area contributed by atoms with Gasteiger partial charge in [-0.05, 0) is 168 Å². The minimum atomic E-state index is -0.574. The predicted octanol–water partition coefficient (Wildman–Crippen LogP) is 8.66. The van der Waals surface area contributed by atoms with Crippen molar-refractivity contribution in [3.63, 3.8) is 0 Å². The van der Waals surface area contributed by atoms with Crippen molar-refractivity contribution < 1.29 is 62.0 Å². The molecular weight excluding hydrogens is 1630 g/mol. The molecule has 6 amide bonds. The monoisotopic (exact) mass is 1720 g/mol. The van der Waals surface area contributed by atoms with E-state index in [0.29, 0.717) is 137 Å². The molecule has 4 fully saturated rings. The Bertz CT molecular complexity index is 3500. The average Bonchev–Trinajstić information content (AvgIpc) is 1.66. The highest BCUT2D eigenvalue weighted by atomic mass is 79.9. The highest BCUT2D eigenvalue weighted by Crippen LogP contribution is 2.37. The lowest BCUT2D eigenvalue weighted by molar-refractivity contribution is -0.127. The van der Waals surface area contributed by atoms with Crippen LogP contribution in [0.1, 0.15) is 153 Å². The number of amides is 6. The maximum absolute atomic E-state index is 12.6. The summed E-state index contributed by atoms with van der Waals surface area (Å²) in [7, 11) is 9.95. The number of carbonyl (C=O) groups is 7. The molecule has 31 nitrogen and oxygen atoms in total. The van der Waals surface area contributed by atoms with Crippen LogP contribution >= 0.6 is 100 Å². The molecule has 9 N–H and O–H groups in total. The number of likely N-dealkylation sites (tertiary alicyclic amines) is 3. The number of nitrogens with one attached hydrogen (secondary N) is 3. The zero-order chi connectivity index (χ0) is 73.8. The Morgan fingerprint density at radius 3 is 1.28 bits per heavy atom. The summed E-state index contributed by atoms with van der Waals surface area (Å²) in [5.41, 5.74) is 18.4. The van der Waals surface area contributed by atoms with Gasteiger partial charge in [-0.2, -0.15) is 25.7 Å². The van der Waals surface area contributed by atoms with Crippen molar-refractivity contribution in [3.05, 3.63) is 77.4 Å². The van der Waals surface area contributed by atoms with Crippen LogP contribution in [0, 0.1) is 11.3 Å². The predicted molar refractivity (Wildman–Crippen MR) is 396 cm³/mol. The van der Waals surface area contributed by atoms with Crippen molar-refractivity contribution in [2.24, 2.45) is 17.2 Å². The molecule has 8 atom stereocenters. The van der Waals surface area contributed by atoms with E-state index in [1.165, 1.54) is 6.08 Å². The first-order valence-electron chi connectivity index (χ1n) is 31.3. The van der Waals surface area contributed by atoms with Gasteiger partial charge in [0.05, 0.1) is 85.7 Å². The van der Waals surface area contributed by atoms with Gasteiger partial charge in [-0.15, -0.1) is 24.8 Å². The Hall–Kier alpha value is -5.91. The van der Waals surface area contributed by atoms with E-state index in [4.69, 9.17) is 57.2 Å². The van der Waals surface area contributed by atoms with Crippen molar-refractivity contribution >= 4 is 153 Å². The number of anilines is 2. The number of carbonyl (C=O) groups excluding carboxylic acids is 7. The Labute approximate surface area is 634 Å². The Kier molecular flexibility index (Phi) is 37.3. The van der Waals surface area contributed by atoms with Crippen molar-refractivity contribution in [2.75, 3.05) is 106 Å². The zero-order valence-corrected chi connectivity index (χ0v) is 67.4. The van der Waals surface area contributed by atoms with E-state index < -0.39 is 34.2 Å². The first kappa shape index (κ1) is 90.2. The topological polar surface area (TPSA) is 394 Å². The molecule has 0 radical (unpaired) electrons. The molecule has 560 valence electrons. The molecule has 4 aliphatic heterocycles. The number of allylic oxidation sites excluding steroid dienone is 1. The summed E-state index contributed by atoms with van der Waals surface area (Å²) in [4.78, 5) is 86.6. The summed E-state index contributed by atoms with van der Waals surface area (Å²) in [6, 6.07) is 2.22. The van der Waals surface area contributed by atoms with Crippen LogP contribution in [0.25, 0.3) is 0 Å².